The third kappa shape index (κ3) is 4.84. The van der Waals surface area contributed by atoms with Crippen LogP contribution in [0.15, 0.2) is 84.9 Å². The molecule has 5 heteroatoms. The van der Waals surface area contributed by atoms with Gasteiger partial charge in [-0.05, 0) is 93.7 Å². The zero-order chi connectivity index (χ0) is 32.5. The molecule has 0 saturated carbocycles. The number of hydrogen-bond donors (Lipinski definition) is 0. The van der Waals surface area contributed by atoms with Gasteiger partial charge in [0.2, 0.25) is 0 Å². The largest absolute Gasteiger partial charge is 0.173 e. The van der Waals surface area contributed by atoms with Gasteiger partial charge in [-0.1, -0.05) is 102 Å². The number of allylic oxidation sites excluding steroid dienone is 2. The first-order valence-corrected chi connectivity index (χ1v) is 19.2. The Bertz CT molecular complexity index is 2510. The number of fused-ring (bicyclic) bond motifs is 10. The predicted molar refractivity (Wildman–Crippen MR) is 211 cm³/mol. The van der Waals surface area contributed by atoms with Crippen LogP contribution in [0.1, 0.15) is 77.7 Å². The lowest BCUT2D eigenvalue weighted by Crippen LogP contribution is -2.18. The zero-order valence-corrected chi connectivity index (χ0v) is 30.5. The molecule has 3 aromatic heterocycles. The molecule has 0 aliphatic rings. The standard InChI is InChI=1S/C42H40N2S3/c1-7-10-22-41(4,5)34-18-15-31(39-40(34)44-47-43-39)37-23-32-29-13-11-26-25(27(29)16-19-35(32)45-37)12-14-30-28(26)17-20-36-33(30)24-38(46-36)42(6,9-3)21-8-2/h7,10-20,23-24H,8-9,21-22H2,1-6H3/b10-7-. The van der Waals surface area contributed by atoms with Gasteiger partial charge in [0.1, 0.15) is 11.0 Å². The van der Waals surface area contributed by atoms with Crippen molar-refractivity contribution in [3.63, 3.8) is 0 Å². The second kappa shape index (κ2) is 11.5. The Morgan fingerprint density at radius 3 is 1.85 bits per heavy atom. The van der Waals surface area contributed by atoms with Crippen molar-refractivity contribution in [2.75, 3.05) is 0 Å². The summed E-state index contributed by atoms with van der Waals surface area (Å²) < 4.78 is 12.3. The minimum Gasteiger partial charge on any atom is -0.173 e. The highest BCUT2D eigenvalue weighted by Gasteiger charge is 2.27. The monoisotopic (exact) mass is 668 g/mol. The molecule has 0 amide bonds. The number of hydrogen-bond acceptors (Lipinski definition) is 5. The van der Waals surface area contributed by atoms with E-state index in [4.69, 9.17) is 8.75 Å². The molecule has 0 bridgehead atoms. The van der Waals surface area contributed by atoms with E-state index in [-0.39, 0.29) is 10.8 Å². The van der Waals surface area contributed by atoms with Crippen LogP contribution in [0.2, 0.25) is 0 Å². The third-order valence-electron chi connectivity index (χ3n) is 10.6. The van der Waals surface area contributed by atoms with Gasteiger partial charge in [-0.25, -0.2) is 0 Å². The van der Waals surface area contributed by atoms with Gasteiger partial charge in [-0.15, -0.1) is 22.7 Å². The maximum atomic E-state index is 4.82. The Kier molecular flexibility index (Phi) is 7.51. The van der Waals surface area contributed by atoms with E-state index in [1.807, 2.05) is 22.7 Å². The Balaban J connectivity index is 1.25. The fourth-order valence-corrected chi connectivity index (χ4v) is 10.7. The maximum absolute atomic E-state index is 4.82. The Morgan fingerprint density at radius 2 is 1.23 bits per heavy atom. The second-order valence-electron chi connectivity index (χ2n) is 14.0. The van der Waals surface area contributed by atoms with E-state index in [1.54, 1.807) is 0 Å². The summed E-state index contributed by atoms with van der Waals surface area (Å²) in [6.07, 6.45) is 8.97. The highest BCUT2D eigenvalue weighted by molar-refractivity contribution is 7.22. The van der Waals surface area contributed by atoms with Crippen molar-refractivity contribution in [2.24, 2.45) is 0 Å². The highest BCUT2D eigenvalue weighted by Crippen LogP contribution is 2.46. The molecular formula is C42H40N2S3. The highest BCUT2D eigenvalue weighted by atomic mass is 32.1. The average molecular weight is 669 g/mol. The number of aromatic nitrogens is 2. The lowest BCUT2D eigenvalue weighted by Gasteiger charge is -2.26. The van der Waals surface area contributed by atoms with E-state index in [9.17, 15) is 0 Å². The molecule has 8 rings (SSSR count). The van der Waals surface area contributed by atoms with Crippen LogP contribution >= 0.6 is 34.4 Å². The van der Waals surface area contributed by atoms with Crippen molar-refractivity contribution >= 4 is 97.9 Å². The first-order valence-electron chi connectivity index (χ1n) is 16.9. The molecule has 0 fully saturated rings. The summed E-state index contributed by atoms with van der Waals surface area (Å²) in [4.78, 5) is 2.77. The van der Waals surface area contributed by atoms with E-state index in [2.05, 4.69) is 126 Å². The molecule has 2 nitrogen and oxygen atoms in total. The molecule has 8 aromatic rings. The fraction of sp³-hybridized carbons (Fsp3) is 0.286. The average Bonchev–Trinajstić information content (AvgIpc) is 3.85. The molecule has 0 radical (unpaired) electrons. The minimum absolute atomic E-state index is 0.0106. The quantitative estimate of drug-likeness (QED) is 0.119. The van der Waals surface area contributed by atoms with Crippen LogP contribution in [-0.2, 0) is 10.8 Å². The van der Waals surface area contributed by atoms with Gasteiger partial charge < -0.3 is 0 Å². The maximum Gasteiger partial charge on any atom is 0.113 e. The molecule has 0 saturated heterocycles. The summed E-state index contributed by atoms with van der Waals surface area (Å²) in [6.45, 7) is 13.8. The van der Waals surface area contributed by atoms with Crippen molar-refractivity contribution in [2.45, 2.75) is 78.1 Å². The van der Waals surface area contributed by atoms with Crippen molar-refractivity contribution < 1.29 is 0 Å². The van der Waals surface area contributed by atoms with E-state index in [0.717, 1.165) is 17.5 Å². The molecule has 1 atom stereocenters. The van der Waals surface area contributed by atoms with Crippen LogP contribution < -0.4 is 0 Å². The summed E-state index contributed by atoms with van der Waals surface area (Å²) in [5, 5.41) is 10.7. The van der Waals surface area contributed by atoms with Crippen LogP contribution in [-0.4, -0.2) is 8.75 Å². The Morgan fingerprint density at radius 1 is 0.660 bits per heavy atom. The van der Waals surface area contributed by atoms with Gasteiger partial charge in [0.05, 0.1) is 11.7 Å². The minimum atomic E-state index is -0.0106. The molecule has 5 aromatic carbocycles. The molecule has 47 heavy (non-hydrogen) atoms. The van der Waals surface area contributed by atoms with Crippen LogP contribution in [0.3, 0.4) is 0 Å². The van der Waals surface area contributed by atoms with Gasteiger partial charge in [0.25, 0.3) is 0 Å². The first-order chi connectivity index (χ1) is 22.8. The Hall–Kier alpha value is -3.64. The molecule has 0 aliphatic carbocycles. The van der Waals surface area contributed by atoms with E-state index in [1.165, 1.54) is 104 Å². The number of nitrogens with zero attached hydrogens (tertiary/aromatic N) is 2. The molecule has 236 valence electrons. The van der Waals surface area contributed by atoms with E-state index < -0.39 is 0 Å². The molecule has 1 unspecified atom stereocenters. The predicted octanol–water partition coefficient (Wildman–Crippen LogP) is 14.0. The smallest absolute Gasteiger partial charge is 0.113 e. The molecule has 0 N–H and O–H groups in total. The van der Waals surface area contributed by atoms with Gasteiger partial charge >= 0.3 is 0 Å². The van der Waals surface area contributed by atoms with Gasteiger partial charge in [-0.2, -0.15) is 8.75 Å². The van der Waals surface area contributed by atoms with Crippen LogP contribution in [0.5, 0.6) is 0 Å². The molecule has 3 heterocycles. The van der Waals surface area contributed by atoms with Gasteiger partial charge in [-0.3, -0.25) is 0 Å². The normalized spacial score (nSPS) is 14.2. The Labute approximate surface area is 289 Å². The molecule has 0 aliphatic heterocycles. The summed E-state index contributed by atoms with van der Waals surface area (Å²) in [5.74, 6) is 0. The summed E-state index contributed by atoms with van der Waals surface area (Å²) in [6, 6.07) is 28.2. The fourth-order valence-electron chi connectivity index (χ4n) is 7.67. The van der Waals surface area contributed by atoms with E-state index in [0.29, 0.717) is 0 Å². The van der Waals surface area contributed by atoms with Crippen LogP contribution in [0.4, 0.5) is 0 Å². The SMILES string of the molecule is C/C=C\CC(C)(C)c1ccc(-c2cc3c(ccc4c3ccc3c5ccc6sc(C(C)(CC)CCC)cc6c5ccc43)s2)c2nsnc12. The van der Waals surface area contributed by atoms with Crippen molar-refractivity contribution in [3.05, 3.63) is 95.4 Å². The number of rotatable bonds is 8. The summed E-state index contributed by atoms with van der Waals surface area (Å²) in [5.41, 5.74) is 4.74. The van der Waals surface area contributed by atoms with Crippen LogP contribution in [0, 0.1) is 0 Å². The molecular weight excluding hydrogens is 629 g/mol. The van der Waals surface area contributed by atoms with E-state index >= 15 is 0 Å². The molecule has 0 spiro atoms. The summed E-state index contributed by atoms with van der Waals surface area (Å²) >= 11 is 5.17. The van der Waals surface area contributed by atoms with Crippen molar-refractivity contribution in [1.82, 2.24) is 8.75 Å². The van der Waals surface area contributed by atoms with Crippen molar-refractivity contribution in [1.29, 1.82) is 0 Å². The van der Waals surface area contributed by atoms with Gasteiger partial charge in [0.15, 0.2) is 0 Å². The topological polar surface area (TPSA) is 25.8 Å². The number of benzene rings is 5. The zero-order valence-electron chi connectivity index (χ0n) is 28.0. The summed E-state index contributed by atoms with van der Waals surface area (Å²) in [7, 11) is 0. The van der Waals surface area contributed by atoms with Crippen molar-refractivity contribution in [3.8, 4) is 10.4 Å². The lowest BCUT2D eigenvalue weighted by molar-refractivity contribution is 0.422. The lowest BCUT2D eigenvalue weighted by atomic mass is 9.80. The van der Waals surface area contributed by atoms with Gasteiger partial charge in [0, 0.05) is 40.9 Å². The third-order valence-corrected chi connectivity index (χ3v) is 13.7. The first kappa shape index (κ1) is 30.7. The van der Waals surface area contributed by atoms with Crippen LogP contribution in [0.25, 0.3) is 74.0 Å². The number of thiophene rings is 2. The second-order valence-corrected chi connectivity index (χ2v) is 16.7.